The minimum absolute atomic E-state index is 0.100. The summed E-state index contributed by atoms with van der Waals surface area (Å²) in [5, 5.41) is 11.2. The summed E-state index contributed by atoms with van der Waals surface area (Å²) in [4.78, 5) is 27.9. The molecule has 5 heteroatoms. The molecule has 0 saturated carbocycles. The molecule has 32 heavy (non-hydrogen) atoms. The van der Waals surface area contributed by atoms with Crippen molar-refractivity contribution in [3.63, 3.8) is 0 Å². The van der Waals surface area contributed by atoms with Crippen LogP contribution in [-0.4, -0.2) is 28.8 Å². The Hall–Kier alpha value is -3.86. The average Bonchev–Trinajstić information content (AvgIpc) is 3.04. The summed E-state index contributed by atoms with van der Waals surface area (Å²) in [7, 11) is 1.57. The largest absolute Gasteiger partial charge is 0.507 e. The summed E-state index contributed by atoms with van der Waals surface area (Å²) in [6.45, 7) is 4.06. The molecule has 1 saturated heterocycles. The number of para-hydroxylation sites is 1. The number of methoxy groups -OCH3 is 1. The highest BCUT2D eigenvalue weighted by Crippen LogP contribution is 2.41. The van der Waals surface area contributed by atoms with E-state index >= 15 is 0 Å². The van der Waals surface area contributed by atoms with Crippen LogP contribution in [0.3, 0.4) is 0 Å². The number of ketones is 1. The van der Waals surface area contributed by atoms with Gasteiger partial charge in [0.05, 0.1) is 25.3 Å². The van der Waals surface area contributed by atoms with Gasteiger partial charge in [0, 0.05) is 11.1 Å². The standard InChI is InChI=1S/C27H25NO4/c1-17-12-14-19(15-13-17)25(29)23-24(21-10-6-4-8-18(21)2)28(27(31)26(23)30)16-20-9-5-7-11-22(20)32-3/h4-15,24,29H,16H2,1-3H3/b25-23+. The van der Waals surface area contributed by atoms with Crippen molar-refractivity contribution in [3.8, 4) is 5.75 Å². The summed E-state index contributed by atoms with van der Waals surface area (Å²) in [5.41, 5.74) is 4.15. The maximum absolute atomic E-state index is 13.2. The van der Waals surface area contributed by atoms with Gasteiger partial charge in [0.15, 0.2) is 0 Å². The second-order valence-corrected chi connectivity index (χ2v) is 7.96. The third kappa shape index (κ3) is 3.78. The zero-order chi connectivity index (χ0) is 22.8. The minimum atomic E-state index is -0.706. The monoisotopic (exact) mass is 427 g/mol. The number of aliphatic hydroxyl groups is 1. The molecule has 4 rings (SSSR count). The van der Waals surface area contributed by atoms with Gasteiger partial charge in [-0.05, 0) is 31.0 Å². The number of aliphatic hydroxyl groups excluding tert-OH is 1. The zero-order valence-electron chi connectivity index (χ0n) is 18.3. The molecule has 1 aliphatic rings. The zero-order valence-corrected chi connectivity index (χ0v) is 18.3. The molecular weight excluding hydrogens is 402 g/mol. The predicted octanol–water partition coefficient (Wildman–Crippen LogP) is 4.93. The quantitative estimate of drug-likeness (QED) is 0.356. The number of hydrogen-bond donors (Lipinski definition) is 1. The van der Waals surface area contributed by atoms with Gasteiger partial charge in [0.1, 0.15) is 11.5 Å². The van der Waals surface area contributed by atoms with Crippen LogP contribution in [0.25, 0.3) is 5.76 Å². The number of rotatable bonds is 5. The van der Waals surface area contributed by atoms with Gasteiger partial charge in [-0.25, -0.2) is 0 Å². The molecule has 1 aliphatic heterocycles. The van der Waals surface area contributed by atoms with Crippen LogP contribution in [0.2, 0.25) is 0 Å². The molecule has 162 valence electrons. The summed E-state index contributed by atoms with van der Waals surface area (Å²) in [5.74, 6) is -0.861. The van der Waals surface area contributed by atoms with Crippen LogP contribution in [0.15, 0.2) is 78.4 Å². The maximum Gasteiger partial charge on any atom is 0.295 e. The molecule has 1 N–H and O–H groups in total. The summed E-state index contributed by atoms with van der Waals surface area (Å²) >= 11 is 0. The van der Waals surface area contributed by atoms with Crippen molar-refractivity contribution in [3.05, 3.63) is 106 Å². The Morgan fingerprint density at radius 2 is 1.59 bits per heavy atom. The smallest absolute Gasteiger partial charge is 0.295 e. The fourth-order valence-electron chi connectivity index (χ4n) is 4.14. The van der Waals surface area contributed by atoms with E-state index in [-0.39, 0.29) is 17.9 Å². The lowest BCUT2D eigenvalue weighted by atomic mass is 9.92. The summed E-state index contributed by atoms with van der Waals surface area (Å²) in [6.07, 6.45) is 0. The van der Waals surface area contributed by atoms with Crippen LogP contribution in [0.4, 0.5) is 0 Å². The second-order valence-electron chi connectivity index (χ2n) is 7.96. The maximum atomic E-state index is 13.2. The van der Waals surface area contributed by atoms with E-state index in [9.17, 15) is 14.7 Å². The minimum Gasteiger partial charge on any atom is -0.507 e. The van der Waals surface area contributed by atoms with Crippen LogP contribution in [0.5, 0.6) is 5.75 Å². The van der Waals surface area contributed by atoms with Crippen LogP contribution in [0.1, 0.15) is 33.9 Å². The number of Topliss-reactive ketones (excluding diaryl/α,β-unsaturated/α-hetero) is 1. The normalized spacial score (nSPS) is 17.6. The van der Waals surface area contributed by atoms with E-state index < -0.39 is 17.7 Å². The van der Waals surface area contributed by atoms with Crippen molar-refractivity contribution in [1.29, 1.82) is 0 Å². The van der Waals surface area contributed by atoms with Crippen LogP contribution < -0.4 is 4.74 Å². The lowest BCUT2D eigenvalue weighted by Crippen LogP contribution is -2.29. The first-order valence-corrected chi connectivity index (χ1v) is 10.4. The van der Waals surface area contributed by atoms with Gasteiger partial charge in [-0.15, -0.1) is 0 Å². The Bertz CT molecular complexity index is 1210. The van der Waals surface area contributed by atoms with E-state index in [0.29, 0.717) is 11.3 Å². The Balaban J connectivity index is 1.89. The molecule has 0 bridgehead atoms. The van der Waals surface area contributed by atoms with Gasteiger partial charge in [-0.3, -0.25) is 9.59 Å². The third-order valence-electron chi connectivity index (χ3n) is 5.88. The van der Waals surface area contributed by atoms with Crippen molar-refractivity contribution in [2.75, 3.05) is 7.11 Å². The first-order chi connectivity index (χ1) is 15.4. The Morgan fingerprint density at radius 3 is 2.28 bits per heavy atom. The molecule has 0 aliphatic carbocycles. The van der Waals surface area contributed by atoms with Gasteiger partial charge in [-0.1, -0.05) is 72.3 Å². The highest BCUT2D eigenvalue weighted by atomic mass is 16.5. The summed E-state index contributed by atoms with van der Waals surface area (Å²) in [6, 6.07) is 21.6. The molecule has 0 spiro atoms. The Morgan fingerprint density at radius 1 is 0.938 bits per heavy atom. The predicted molar refractivity (Wildman–Crippen MR) is 123 cm³/mol. The molecule has 1 amide bonds. The van der Waals surface area contributed by atoms with Crippen LogP contribution in [0, 0.1) is 13.8 Å². The molecule has 1 unspecified atom stereocenters. The van der Waals surface area contributed by atoms with Crippen molar-refractivity contribution in [2.45, 2.75) is 26.4 Å². The van der Waals surface area contributed by atoms with Crippen LogP contribution in [-0.2, 0) is 16.1 Å². The molecule has 0 aromatic heterocycles. The molecule has 1 fully saturated rings. The summed E-state index contributed by atoms with van der Waals surface area (Å²) < 4.78 is 5.45. The first-order valence-electron chi connectivity index (χ1n) is 10.4. The number of carbonyl (C=O) groups is 2. The Kier molecular flexibility index (Phi) is 5.82. The van der Waals surface area contributed by atoms with E-state index in [0.717, 1.165) is 22.3 Å². The van der Waals surface area contributed by atoms with Gasteiger partial charge < -0.3 is 14.7 Å². The van der Waals surface area contributed by atoms with Gasteiger partial charge >= 0.3 is 0 Å². The lowest BCUT2D eigenvalue weighted by Gasteiger charge is -2.27. The second kappa shape index (κ2) is 8.71. The number of amides is 1. The SMILES string of the molecule is COc1ccccc1CN1C(=O)C(=O)/C(=C(/O)c2ccc(C)cc2)C1c1ccccc1C. The molecule has 5 nitrogen and oxygen atoms in total. The van der Waals surface area contributed by atoms with Gasteiger partial charge in [0.2, 0.25) is 0 Å². The molecule has 1 heterocycles. The van der Waals surface area contributed by atoms with E-state index in [1.807, 2.05) is 74.5 Å². The van der Waals surface area contributed by atoms with E-state index in [4.69, 9.17) is 4.74 Å². The fourth-order valence-corrected chi connectivity index (χ4v) is 4.14. The van der Waals surface area contributed by atoms with Crippen molar-refractivity contribution in [1.82, 2.24) is 4.90 Å². The highest BCUT2D eigenvalue weighted by molar-refractivity contribution is 6.46. The number of ether oxygens (including phenoxy) is 1. The topological polar surface area (TPSA) is 66.8 Å². The number of nitrogens with zero attached hydrogens (tertiary/aromatic N) is 1. The van der Waals surface area contributed by atoms with Gasteiger partial charge in [0.25, 0.3) is 11.7 Å². The van der Waals surface area contributed by atoms with Crippen LogP contribution >= 0.6 is 0 Å². The Labute approximate surface area is 187 Å². The molecule has 0 radical (unpaired) electrons. The molecule has 3 aromatic rings. The molecule has 1 atom stereocenters. The molecule has 3 aromatic carbocycles. The highest BCUT2D eigenvalue weighted by Gasteiger charge is 2.46. The lowest BCUT2D eigenvalue weighted by molar-refractivity contribution is -0.140. The third-order valence-corrected chi connectivity index (χ3v) is 5.88. The number of carbonyl (C=O) groups excluding carboxylic acids is 2. The number of aryl methyl sites for hydroxylation is 2. The average molecular weight is 428 g/mol. The van der Waals surface area contributed by atoms with E-state index in [1.165, 1.54) is 4.90 Å². The van der Waals surface area contributed by atoms with E-state index in [2.05, 4.69) is 0 Å². The van der Waals surface area contributed by atoms with E-state index in [1.54, 1.807) is 19.2 Å². The van der Waals surface area contributed by atoms with Crippen molar-refractivity contribution < 1.29 is 19.4 Å². The van der Waals surface area contributed by atoms with Crippen molar-refractivity contribution >= 4 is 17.4 Å². The number of hydrogen-bond acceptors (Lipinski definition) is 4. The first kappa shape index (κ1) is 21.4. The van der Waals surface area contributed by atoms with Crippen molar-refractivity contribution in [2.24, 2.45) is 0 Å². The number of likely N-dealkylation sites (tertiary alicyclic amines) is 1. The van der Waals surface area contributed by atoms with Gasteiger partial charge in [-0.2, -0.15) is 0 Å². The fraction of sp³-hybridized carbons (Fsp3) is 0.185. The number of benzene rings is 3. The molecular formula is C27H25NO4.